The van der Waals surface area contributed by atoms with E-state index in [4.69, 9.17) is 11.2 Å². The third-order valence-corrected chi connectivity index (χ3v) is 4.30. The fourth-order valence-electron chi connectivity index (χ4n) is 3.05. The molecule has 6 heteroatoms. The largest absolute Gasteiger partial charge is 0.489 e. The SMILES string of the molecule is C#Cc1cccc(C(=O)NC(CO)Cc2c[nH]c3cccnc23)c1OC(C)C. The molecule has 144 valence electrons. The Bertz CT molecular complexity index is 1020. The summed E-state index contributed by atoms with van der Waals surface area (Å²) in [5.41, 5.74) is 3.52. The van der Waals surface area contributed by atoms with Gasteiger partial charge in [0, 0.05) is 12.4 Å². The van der Waals surface area contributed by atoms with Gasteiger partial charge in [-0.05, 0) is 50.1 Å². The van der Waals surface area contributed by atoms with Crippen molar-refractivity contribution in [1.29, 1.82) is 0 Å². The number of nitrogens with zero attached hydrogens (tertiary/aromatic N) is 1. The van der Waals surface area contributed by atoms with Crippen LogP contribution in [0.3, 0.4) is 0 Å². The average Bonchev–Trinajstić information content (AvgIpc) is 3.10. The number of aliphatic hydroxyl groups excluding tert-OH is 1. The van der Waals surface area contributed by atoms with Crippen molar-refractivity contribution in [2.75, 3.05) is 6.61 Å². The van der Waals surface area contributed by atoms with Crippen LogP contribution in [0.1, 0.15) is 35.3 Å². The van der Waals surface area contributed by atoms with Crippen LogP contribution in [0.15, 0.2) is 42.7 Å². The first-order valence-electron chi connectivity index (χ1n) is 9.12. The molecule has 0 aliphatic heterocycles. The second-order valence-corrected chi connectivity index (χ2v) is 6.76. The standard InChI is InChI=1S/C22H23N3O3/c1-4-15-7-5-8-18(21(15)28-14(2)3)22(27)25-17(13-26)11-16-12-24-19-9-6-10-23-20(16)19/h1,5-10,12,14,17,24,26H,11,13H2,2-3H3,(H,25,27). The van der Waals surface area contributed by atoms with E-state index in [-0.39, 0.29) is 18.6 Å². The van der Waals surface area contributed by atoms with Gasteiger partial charge in [0.25, 0.3) is 5.91 Å². The molecule has 0 spiro atoms. The van der Waals surface area contributed by atoms with Gasteiger partial charge in [-0.2, -0.15) is 0 Å². The third kappa shape index (κ3) is 4.16. The van der Waals surface area contributed by atoms with Crippen LogP contribution in [0.25, 0.3) is 11.0 Å². The number of rotatable bonds is 7. The third-order valence-electron chi connectivity index (χ3n) is 4.30. The average molecular weight is 377 g/mol. The number of H-pyrrole nitrogens is 1. The van der Waals surface area contributed by atoms with Crippen molar-refractivity contribution in [3.05, 3.63) is 59.4 Å². The van der Waals surface area contributed by atoms with Crippen molar-refractivity contribution < 1.29 is 14.6 Å². The zero-order chi connectivity index (χ0) is 20.1. The molecule has 0 fully saturated rings. The number of aliphatic hydroxyl groups is 1. The maximum Gasteiger partial charge on any atom is 0.255 e. The van der Waals surface area contributed by atoms with E-state index in [1.165, 1.54) is 0 Å². The monoisotopic (exact) mass is 377 g/mol. The lowest BCUT2D eigenvalue weighted by atomic mass is 10.1. The summed E-state index contributed by atoms with van der Waals surface area (Å²) < 4.78 is 5.79. The molecule has 0 aliphatic carbocycles. The molecule has 2 aromatic heterocycles. The summed E-state index contributed by atoms with van der Waals surface area (Å²) in [4.78, 5) is 20.4. The molecule has 0 aliphatic rings. The fraction of sp³-hybridized carbons (Fsp3) is 0.273. The van der Waals surface area contributed by atoms with E-state index in [9.17, 15) is 9.90 Å². The predicted molar refractivity (Wildman–Crippen MR) is 108 cm³/mol. The Morgan fingerprint density at radius 2 is 2.18 bits per heavy atom. The number of terminal acetylenes is 1. The number of para-hydroxylation sites is 1. The van der Waals surface area contributed by atoms with Gasteiger partial charge < -0.3 is 20.1 Å². The summed E-state index contributed by atoms with van der Waals surface area (Å²) in [6.45, 7) is 3.53. The molecular weight excluding hydrogens is 354 g/mol. The summed E-state index contributed by atoms with van der Waals surface area (Å²) in [7, 11) is 0. The molecular formula is C22H23N3O3. The molecule has 0 bridgehead atoms. The summed E-state index contributed by atoms with van der Waals surface area (Å²) >= 11 is 0. The minimum absolute atomic E-state index is 0.132. The van der Waals surface area contributed by atoms with E-state index in [1.807, 2.05) is 32.2 Å². The minimum Gasteiger partial charge on any atom is -0.489 e. The highest BCUT2D eigenvalue weighted by Gasteiger charge is 2.21. The fourth-order valence-corrected chi connectivity index (χ4v) is 3.05. The van der Waals surface area contributed by atoms with E-state index in [0.29, 0.717) is 23.3 Å². The summed E-state index contributed by atoms with van der Waals surface area (Å²) in [6.07, 6.45) is 9.42. The van der Waals surface area contributed by atoms with Crippen molar-refractivity contribution in [1.82, 2.24) is 15.3 Å². The Morgan fingerprint density at radius 3 is 2.89 bits per heavy atom. The zero-order valence-corrected chi connectivity index (χ0v) is 15.9. The lowest BCUT2D eigenvalue weighted by Gasteiger charge is -2.19. The van der Waals surface area contributed by atoms with Crippen LogP contribution in [0.5, 0.6) is 5.75 Å². The van der Waals surface area contributed by atoms with E-state index < -0.39 is 6.04 Å². The number of carbonyl (C=O) groups excluding carboxylic acids is 1. The van der Waals surface area contributed by atoms with Gasteiger partial charge in [-0.25, -0.2) is 0 Å². The quantitative estimate of drug-likeness (QED) is 0.553. The number of hydrogen-bond acceptors (Lipinski definition) is 4. The molecule has 2 heterocycles. The van der Waals surface area contributed by atoms with Crippen molar-refractivity contribution >= 4 is 16.9 Å². The molecule has 1 amide bonds. The van der Waals surface area contributed by atoms with Gasteiger partial charge in [0.1, 0.15) is 5.75 Å². The number of aromatic amines is 1. The van der Waals surface area contributed by atoms with Crippen LogP contribution >= 0.6 is 0 Å². The zero-order valence-electron chi connectivity index (χ0n) is 15.9. The topological polar surface area (TPSA) is 87.2 Å². The first-order chi connectivity index (χ1) is 13.5. The lowest BCUT2D eigenvalue weighted by molar-refractivity contribution is 0.0910. The Kier molecular flexibility index (Phi) is 5.97. The molecule has 3 rings (SSSR count). The first-order valence-corrected chi connectivity index (χ1v) is 9.12. The van der Waals surface area contributed by atoms with Crippen molar-refractivity contribution in [2.24, 2.45) is 0 Å². The Morgan fingerprint density at radius 1 is 1.36 bits per heavy atom. The van der Waals surface area contributed by atoms with Crippen LogP contribution in [0.4, 0.5) is 0 Å². The predicted octanol–water partition coefficient (Wildman–Crippen LogP) is 2.66. The number of nitrogens with one attached hydrogen (secondary N) is 2. The highest BCUT2D eigenvalue weighted by molar-refractivity contribution is 5.98. The van der Waals surface area contributed by atoms with Crippen LogP contribution in [-0.4, -0.2) is 39.7 Å². The van der Waals surface area contributed by atoms with E-state index >= 15 is 0 Å². The summed E-state index contributed by atoms with van der Waals surface area (Å²) in [5.74, 6) is 2.58. The minimum atomic E-state index is -0.477. The number of carbonyl (C=O) groups is 1. The molecule has 3 aromatic rings. The van der Waals surface area contributed by atoms with Crippen LogP contribution < -0.4 is 10.1 Å². The van der Waals surface area contributed by atoms with Gasteiger partial charge in [0.15, 0.2) is 0 Å². The molecule has 3 N–H and O–H groups in total. The molecule has 0 radical (unpaired) electrons. The summed E-state index contributed by atoms with van der Waals surface area (Å²) in [6, 6.07) is 8.41. The number of aromatic nitrogens is 2. The molecule has 0 saturated heterocycles. The Labute approximate surface area is 164 Å². The number of benzene rings is 1. The van der Waals surface area contributed by atoms with Gasteiger partial charge in [0.2, 0.25) is 0 Å². The van der Waals surface area contributed by atoms with E-state index in [0.717, 1.165) is 16.6 Å². The maximum absolute atomic E-state index is 12.9. The second kappa shape index (κ2) is 8.59. The van der Waals surface area contributed by atoms with Gasteiger partial charge in [-0.1, -0.05) is 12.0 Å². The second-order valence-electron chi connectivity index (χ2n) is 6.76. The maximum atomic E-state index is 12.9. The van der Waals surface area contributed by atoms with Crippen LogP contribution in [0, 0.1) is 12.3 Å². The van der Waals surface area contributed by atoms with E-state index in [1.54, 1.807) is 24.4 Å². The highest BCUT2D eigenvalue weighted by Crippen LogP contribution is 2.25. The van der Waals surface area contributed by atoms with Gasteiger partial charge in [-0.15, -0.1) is 6.42 Å². The molecule has 1 unspecified atom stereocenters. The summed E-state index contributed by atoms with van der Waals surface area (Å²) in [5, 5.41) is 12.7. The molecule has 6 nitrogen and oxygen atoms in total. The molecule has 1 atom stereocenters. The van der Waals surface area contributed by atoms with Gasteiger partial charge in [0.05, 0.1) is 40.9 Å². The van der Waals surface area contributed by atoms with E-state index in [2.05, 4.69) is 21.2 Å². The molecule has 28 heavy (non-hydrogen) atoms. The van der Waals surface area contributed by atoms with Gasteiger partial charge >= 0.3 is 0 Å². The first kappa shape index (κ1) is 19.5. The van der Waals surface area contributed by atoms with Crippen molar-refractivity contribution in [2.45, 2.75) is 32.4 Å². The van der Waals surface area contributed by atoms with Crippen LogP contribution in [-0.2, 0) is 6.42 Å². The Balaban J connectivity index is 1.82. The molecule has 1 aromatic carbocycles. The lowest BCUT2D eigenvalue weighted by Crippen LogP contribution is -2.39. The molecule has 0 saturated carbocycles. The number of hydrogen-bond donors (Lipinski definition) is 3. The van der Waals surface area contributed by atoms with Crippen LogP contribution in [0.2, 0.25) is 0 Å². The number of fused-ring (bicyclic) bond motifs is 1. The smallest absolute Gasteiger partial charge is 0.255 e. The Hall–Kier alpha value is -3.30. The highest BCUT2D eigenvalue weighted by atomic mass is 16.5. The number of pyridine rings is 1. The normalized spacial score (nSPS) is 12.0. The van der Waals surface area contributed by atoms with Crippen molar-refractivity contribution in [3.63, 3.8) is 0 Å². The van der Waals surface area contributed by atoms with Gasteiger partial charge in [-0.3, -0.25) is 9.78 Å². The number of amides is 1. The number of ether oxygens (including phenoxy) is 1. The van der Waals surface area contributed by atoms with Crippen molar-refractivity contribution in [3.8, 4) is 18.1 Å².